The molecule has 1 amide bonds. The van der Waals surface area contributed by atoms with Crippen LogP contribution < -0.4 is 0 Å². The minimum atomic E-state index is -0.289. The molecule has 0 N–H and O–H groups in total. The molecule has 4 aromatic rings. The lowest BCUT2D eigenvalue weighted by Crippen LogP contribution is -2.35. The van der Waals surface area contributed by atoms with Crippen LogP contribution in [-0.2, 0) is 4.79 Å². The highest BCUT2D eigenvalue weighted by atomic mass is 32.2. The predicted octanol–water partition coefficient (Wildman–Crippen LogP) is 5.57. The molecule has 1 aromatic heterocycles. The average molecular weight is 449 g/mol. The van der Waals surface area contributed by atoms with E-state index in [-0.39, 0.29) is 11.9 Å². The van der Waals surface area contributed by atoms with Crippen LogP contribution in [0.2, 0.25) is 0 Å². The minimum absolute atomic E-state index is 0.0681. The van der Waals surface area contributed by atoms with Crippen molar-refractivity contribution in [3.63, 3.8) is 0 Å². The van der Waals surface area contributed by atoms with Crippen molar-refractivity contribution in [1.29, 1.82) is 0 Å². The number of hydrogen-bond acceptors (Lipinski definition) is 4. The van der Waals surface area contributed by atoms with Crippen molar-refractivity contribution in [2.75, 3.05) is 5.75 Å². The van der Waals surface area contributed by atoms with Gasteiger partial charge >= 0.3 is 0 Å². The number of fused-ring (bicyclic) bond motifs is 1. The third-order valence-electron chi connectivity index (χ3n) is 5.81. The number of hydrogen-bond donors (Lipinski definition) is 0. The van der Waals surface area contributed by atoms with Crippen LogP contribution in [-0.4, -0.2) is 31.5 Å². The van der Waals surface area contributed by atoms with Crippen LogP contribution in [0.1, 0.15) is 17.2 Å². The van der Waals surface area contributed by atoms with Gasteiger partial charge < -0.3 is 0 Å². The predicted molar refractivity (Wildman–Crippen MR) is 133 cm³/mol. The smallest absolute Gasteiger partial charge is 0.239 e. The maximum atomic E-state index is 12.9. The average Bonchev–Trinajstić information content (AvgIpc) is 3.50. The Bertz CT molecular complexity index is 1380. The summed E-state index contributed by atoms with van der Waals surface area (Å²) in [4.78, 5) is 19.6. The number of carbonyl (C=O) groups excluding carboxylic acids is 1. The third kappa shape index (κ3) is 3.58. The van der Waals surface area contributed by atoms with Crippen LogP contribution >= 0.6 is 11.8 Å². The van der Waals surface area contributed by atoms with Crippen LogP contribution in [0.25, 0.3) is 22.6 Å². The van der Waals surface area contributed by atoms with Crippen molar-refractivity contribution in [3.8, 4) is 16.9 Å². The first kappa shape index (κ1) is 19.8. The van der Waals surface area contributed by atoms with Crippen molar-refractivity contribution in [1.82, 2.24) is 14.7 Å². The molecule has 0 bridgehead atoms. The largest absolute Gasteiger partial charge is 0.279 e. The Labute approximate surface area is 196 Å². The molecule has 3 aromatic carbocycles. The molecule has 6 rings (SSSR count). The Kier molecular flexibility index (Phi) is 4.92. The fraction of sp³-hybridized carbons (Fsp3) is 0.0741. The van der Waals surface area contributed by atoms with Gasteiger partial charge in [-0.25, -0.2) is 9.67 Å². The molecule has 3 heterocycles. The van der Waals surface area contributed by atoms with Crippen LogP contribution in [0.15, 0.2) is 108 Å². The Balaban J connectivity index is 1.55. The lowest BCUT2D eigenvalue weighted by atomic mass is 9.98. The van der Waals surface area contributed by atoms with Crippen molar-refractivity contribution >= 4 is 28.5 Å². The molecule has 1 fully saturated rings. The van der Waals surface area contributed by atoms with Crippen molar-refractivity contribution < 1.29 is 4.79 Å². The number of aromatic nitrogens is 2. The van der Waals surface area contributed by atoms with Gasteiger partial charge in [0.05, 0.1) is 28.9 Å². The van der Waals surface area contributed by atoms with Gasteiger partial charge in [-0.15, -0.1) is 0 Å². The summed E-state index contributed by atoms with van der Waals surface area (Å²) in [6.45, 7) is 0. The van der Waals surface area contributed by atoms with Crippen LogP contribution in [0.3, 0.4) is 0 Å². The molecule has 1 saturated heterocycles. The fourth-order valence-corrected chi connectivity index (χ4v) is 5.14. The Morgan fingerprint density at radius 3 is 2.15 bits per heavy atom. The van der Waals surface area contributed by atoms with Gasteiger partial charge in [0.15, 0.2) is 5.17 Å². The van der Waals surface area contributed by atoms with Crippen molar-refractivity contribution in [2.45, 2.75) is 6.04 Å². The lowest BCUT2D eigenvalue weighted by Gasteiger charge is -2.29. The topological polar surface area (TPSA) is 50.5 Å². The molecule has 0 unspecified atom stereocenters. The van der Waals surface area contributed by atoms with E-state index in [0.717, 1.165) is 38.9 Å². The number of nitrogens with zero attached hydrogens (tertiary/aromatic N) is 4. The minimum Gasteiger partial charge on any atom is -0.279 e. The summed E-state index contributed by atoms with van der Waals surface area (Å²) in [6, 6.07) is 30.0. The number of thioether (sulfide) groups is 1. The van der Waals surface area contributed by atoms with Gasteiger partial charge in [0.1, 0.15) is 0 Å². The normalized spacial score (nSPS) is 17.5. The number of amidine groups is 1. The third-order valence-corrected chi connectivity index (χ3v) is 6.75. The number of amides is 1. The quantitative estimate of drug-likeness (QED) is 0.410. The summed E-state index contributed by atoms with van der Waals surface area (Å²) in [5.74, 6) is 0.470. The van der Waals surface area contributed by atoms with Gasteiger partial charge in [-0.1, -0.05) is 90.6 Å². The first-order chi connectivity index (χ1) is 16.3. The molecule has 160 valence electrons. The standard InChI is InChI=1S/C27H20N4OS/c32-25-18-33-27-28-23(19-10-4-1-5-11-19)16-24(31(25)27)22-17-30(21-14-8-3-9-15-21)29-26(22)20-12-6-2-7-13-20/h1-17,24H,18H2/t24-/m0/s1. The molecular weight excluding hydrogens is 428 g/mol. The van der Waals surface area contributed by atoms with E-state index in [9.17, 15) is 4.79 Å². The fourth-order valence-electron chi connectivity index (χ4n) is 4.23. The molecule has 0 saturated carbocycles. The van der Waals surface area contributed by atoms with Gasteiger partial charge in [0.25, 0.3) is 0 Å². The Hall–Kier alpha value is -3.90. The summed E-state index contributed by atoms with van der Waals surface area (Å²) in [6.07, 6.45) is 4.13. The molecule has 33 heavy (non-hydrogen) atoms. The van der Waals surface area contributed by atoms with Gasteiger partial charge in [-0.3, -0.25) is 9.69 Å². The highest BCUT2D eigenvalue weighted by Gasteiger charge is 2.39. The molecule has 2 aliphatic rings. The second-order valence-electron chi connectivity index (χ2n) is 7.89. The van der Waals surface area contributed by atoms with E-state index in [1.54, 1.807) is 0 Å². The molecule has 6 heteroatoms. The number of para-hydroxylation sites is 1. The second kappa shape index (κ2) is 8.22. The number of carbonyl (C=O) groups is 1. The van der Waals surface area contributed by atoms with Gasteiger partial charge in [-0.2, -0.15) is 5.10 Å². The van der Waals surface area contributed by atoms with Crippen LogP contribution in [0.4, 0.5) is 0 Å². The van der Waals surface area contributed by atoms with E-state index in [4.69, 9.17) is 10.1 Å². The molecule has 2 aliphatic heterocycles. The van der Waals surface area contributed by atoms with Crippen LogP contribution in [0.5, 0.6) is 0 Å². The number of rotatable bonds is 4. The first-order valence-corrected chi connectivity index (χ1v) is 11.8. The molecular formula is C27H20N4OS. The second-order valence-corrected chi connectivity index (χ2v) is 8.83. The maximum Gasteiger partial charge on any atom is 0.239 e. The summed E-state index contributed by atoms with van der Waals surface area (Å²) in [5, 5.41) is 5.71. The van der Waals surface area contributed by atoms with Gasteiger partial charge in [0.2, 0.25) is 5.91 Å². The molecule has 0 aliphatic carbocycles. The lowest BCUT2D eigenvalue weighted by molar-refractivity contribution is -0.125. The van der Waals surface area contributed by atoms with Crippen molar-refractivity contribution in [2.24, 2.45) is 4.99 Å². The van der Waals surface area contributed by atoms with E-state index in [0.29, 0.717) is 5.75 Å². The zero-order chi connectivity index (χ0) is 22.2. The summed E-state index contributed by atoms with van der Waals surface area (Å²) in [5.41, 5.74) is 5.73. The molecule has 1 atom stereocenters. The highest BCUT2D eigenvalue weighted by molar-refractivity contribution is 8.15. The zero-order valence-electron chi connectivity index (χ0n) is 17.7. The van der Waals surface area contributed by atoms with E-state index >= 15 is 0 Å². The van der Waals surface area contributed by atoms with Crippen molar-refractivity contribution in [3.05, 3.63) is 114 Å². The molecule has 0 radical (unpaired) electrons. The molecule has 0 spiro atoms. The SMILES string of the molecule is O=C1CSC2=NC(c3ccccc3)=C[C@@H](c3cn(-c4ccccc4)nc3-c3ccccc3)N12. The monoisotopic (exact) mass is 448 g/mol. The van der Waals surface area contributed by atoms with E-state index in [2.05, 4.69) is 30.3 Å². The number of aliphatic imine (C=N–C) groups is 1. The van der Waals surface area contributed by atoms with Gasteiger partial charge in [0, 0.05) is 17.3 Å². The number of benzene rings is 3. The summed E-state index contributed by atoms with van der Waals surface area (Å²) < 4.78 is 1.90. The maximum absolute atomic E-state index is 12.9. The zero-order valence-corrected chi connectivity index (χ0v) is 18.5. The Morgan fingerprint density at radius 1 is 0.818 bits per heavy atom. The van der Waals surface area contributed by atoms with E-state index in [1.807, 2.05) is 82.5 Å². The van der Waals surface area contributed by atoms with E-state index in [1.165, 1.54) is 11.8 Å². The Morgan fingerprint density at radius 2 is 1.45 bits per heavy atom. The van der Waals surface area contributed by atoms with E-state index < -0.39 is 0 Å². The highest BCUT2D eigenvalue weighted by Crippen LogP contribution is 2.41. The first-order valence-electron chi connectivity index (χ1n) is 10.8. The summed E-state index contributed by atoms with van der Waals surface area (Å²) >= 11 is 1.49. The van der Waals surface area contributed by atoms with Crippen LogP contribution in [0, 0.1) is 0 Å². The molecule has 5 nitrogen and oxygen atoms in total. The van der Waals surface area contributed by atoms with Gasteiger partial charge in [-0.05, 0) is 23.8 Å². The summed E-state index contributed by atoms with van der Waals surface area (Å²) in [7, 11) is 0.